The van der Waals surface area contributed by atoms with Crippen LogP contribution in [0.15, 0.2) is 35.2 Å². The van der Waals surface area contributed by atoms with E-state index in [1.807, 2.05) is 6.92 Å². The van der Waals surface area contributed by atoms with Crippen LogP contribution >= 0.6 is 0 Å². The molecule has 0 radical (unpaired) electrons. The molecular weight excluding hydrogens is 307 g/mol. The lowest BCUT2D eigenvalue weighted by molar-refractivity contribution is -0.421. The number of hydrogen-bond acceptors (Lipinski definition) is 5. The number of nitro groups is 1. The van der Waals surface area contributed by atoms with Crippen molar-refractivity contribution in [2.24, 2.45) is 0 Å². The Morgan fingerprint density at radius 3 is 2.61 bits per heavy atom. The molecule has 1 fully saturated rings. The molecule has 0 aromatic carbocycles. The molecule has 2 aliphatic heterocycles. The van der Waals surface area contributed by atoms with Crippen LogP contribution in [0.4, 0.5) is 9.18 Å². The van der Waals surface area contributed by atoms with Crippen LogP contribution < -0.4 is 5.32 Å². The third-order valence-electron chi connectivity index (χ3n) is 3.56. The van der Waals surface area contributed by atoms with Crippen LogP contribution in [-0.4, -0.2) is 39.8 Å². The maximum atomic E-state index is 14.2. The summed E-state index contributed by atoms with van der Waals surface area (Å²) in [6, 6.07) is -0.676. The number of nitrogens with zero attached hydrogens (tertiary/aromatic N) is 3. The number of amides is 3. The average molecular weight is 324 g/mol. The van der Waals surface area contributed by atoms with Crippen LogP contribution in [0.3, 0.4) is 0 Å². The molecule has 0 atom stereocenters. The van der Waals surface area contributed by atoms with E-state index in [-0.39, 0.29) is 17.8 Å². The van der Waals surface area contributed by atoms with E-state index in [4.69, 9.17) is 0 Å². The number of carbonyl (C=O) groups is 2. The van der Waals surface area contributed by atoms with Gasteiger partial charge in [0.2, 0.25) is 0 Å². The maximum Gasteiger partial charge on any atom is 0.329 e. The van der Waals surface area contributed by atoms with Crippen LogP contribution in [0.25, 0.3) is 0 Å². The lowest BCUT2D eigenvalue weighted by atomic mass is 10.1. The van der Waals surface area contributed by atoms with Crippen molar-refractivity contribution in [2.75, 3.05) is 13.1 Å². The Balaban J connectivity index is 2.53. The van der Waals surface area contributed by atoms with Gasteiger partial charge < -0.3 is 4.90 Å². The smallest absolute Gasteiger partial charge is 0.318 e. The fourth-order valence-electron chi connectivity index (χ4n) is 2.41. The molecule has 2 aliphatic rings. The number of imide groups is 1. The lowest BCUT2D eigenvalue weighted by Crippen LogP contribution is -2.28. The fourth-order valence-corrected chi connectivity index (χ4v) is 2.41. The normalized spacial score (nSPS) is 21.3. The minimum absolute atomic E-state index is 0.135. The van der Waals surface area contributed by atoms with Crippen molar-refractivity contribution in [3.8, 4) is 0 Å². The number of urea groups is 1. The number of likely N-dealkylation sites (N-methyl/N-ethyl adjacent to an activating group) is 1. The first kappa shape index (κ1) is 16.7. The molecular formula is C14H17FN4O4. The molecule has 23 heavy (non-hydrogen) atoms. The molecule has 1 N–H and O–H groups in total. The van der Waals surface area contributed by atoms with E-state index in [0.29, 0.717) is 13.0 Å². The summed E-state index contributed by atoms with van der Waals surface area (Å²) in [5, 5.41) is 13.4. The maximum absolute atomic E-state index is 14.2. The van der Waals surface area contributed by atoms with Gasteiger partial charge >= 0.3 is 6.03 Å². The summed E-state index contributed by atoms with van der Waals surface area (Å²) in [4.78, 5) is 36.4. The average Bonchev–Trinajstić information content (AvgIpc) is 2.78. The Labute approximate surface area is 132 Å². The quantitative estimate of drug-likeness (QED) is 0.274. The molecule has 1 saturated heterocycles. The first-order chi connectivity index (χ1) is 10.9. The minimum atomic E-state index is -0.773. The summed E-state index contributed by atoms with van der Waals surface area (Å²) >= 11 is 0. The van der Waals surface area contributed by atoms with Gasteiger partial charge in [0.05, 0.1) is 16.7 Å². The highest BCUT2D eigenvalue weighted by Gasteiger charge is 2.39. The summed E-state index contributed by atoms with van der Waals surface area (Å²) in [6.07, 6.45) is 3.47. The number of allylic oxidation sites excluding steroid dienone is 1. The molecule has 8 nitrogen and oxygen atoms in total. The van der Waals surface area contributed by atoms with Gasteiger partial charge in [0.25, 0.3) is 11.6 Å². The van der Waals surface area contributed by atoms with E-state index in [1.54, 1.807) is 6.92 Å². The highest BCUT2D eigenvalue weighted by atomic mass is 19.1. The minimum Gasteiger partial charge on any atom is -0.318 e. The van der Waals surface area contributed by atoms with Crippen LogP contribution in [0.1, 0.15) is 26.7 Å². The Hall–Kier alpha value is -2.71. The third-order valence-corrected chi connectivity index (χ3v) is 3.56. The van der Waals surface area contributed by atoms with Crippen molar-refractivity contribution in [3.63, 3.8) is 0 Å². The van der Waals surface area contributed by atoms with Gasteiger partial charge in [0.1, 0.15) is 5.70 Å². The predicted molar refractivity (Wildman–Crippen MR) is 78.8 cm³/mol. The van der Waals surface area contributed by atoms with Gasteiger partial charge in [-0.25, -0.2) is 4.79 Å². The van der Waals surface area contributed by atoms with E-state index >= 15 is 0 Å². The monoisotopic (exact) mass is 324 g/mol. The lowest BCUT2D eigenvalue weighted by Gasteiger charge is -2.23. The second kappa shape index (κ2) is 6.59. The summed E-state index contributed by atoms with van der Waals surface area (Å²) in [5.41, 5.74) is -0.822. The third kappa shape index (κ3) is 3.08. The van der Waals surface area contributed by atoms with Gasteiger partial charge in [-0.05, 0) is 13.3 Å². The molecule has 0 bridgehead atoms. The van der Waals surface area contributed by atoms with Crippen LogP contribution in [-0.2, 0) is 4.79 Å². The van der Waals surface area contributed by atoms with E-state index < -0.39 is 28.5 Å². The fraction of sp³-hybridized carbons (Fsp3) is 0.429. The molecule has 3 amide bonds. The Bertz CT molecular complexity index is 653. The summed E-state index contributed by atoms with van der Waals surface area (Å²) in [5.74, 6) is -1.47. The number of rotatable bonds is 5. The van der Waals surface area contributed by atoms with E-state index in [0.717, 1.165) is 28.5 Å². The van der Waals surface area contributed by atoms with Crippen molar-refractivity contribution in [2.45, 2.75) is 26.7 Å². The number of carbonyl (C=O) groups excluding carboxylic acids is 2. The summed E-state index contributed by atoms with van der Waals surface area (Å²) in [6.45, 7) is 3.97. The van der Waals surface area contributed by atoms with Crippen molar-refractivity contribution in [3.05, 3.63) is 45.3 Å². The number of hydrogen-bond donors (Lipinski definition) is 1. The summed E-state index contributed by atoms with van der Waals surface area (Å²) in [7, 11) is 0. The highest BCUT2D eigenvalue weighted by molar-refractivity contribution is 6.12. The van der Waals surface area contributed by atoms with Crippen LogP contribution in [0.5, 0.6) is 0 Å². The van der Waals surface area contributed by atoms with Gasteiger partial charge in [-0.2, -0.15) is 4.39 Å². The second-order valence-corrected chi connectivity index (χ2v) is 5.05. The molecule has 0 aromatic heterocycles. The Kier molecular flexibility index (Phi) is 4.77. The molecule has 0 spiro atoms. The molecule has 0 aliphatic carbocycles. The molecule has 2 rings (SSSR count). The van der Waals surface area contributed by atoms with Crippen LogP contribution in [0, 0.1) is 10.1 Å². The Morgan fingerprint density at radius 2 is 2.04 bits per heavy atom. The SMILES string of the molecule is CCCCN1C=C([N+](=O)[O-])/C(=C2/C(=O)NC(=O)N2CC)C=C1F. The zero-order chi connectivity index (χ0) is 17.1. The first-order valence-electron chi connectivity index (χ1n) is 7.28. The van der Waals surface area contributed by atoms with Gasteiger partial charge in [-0.15, -0.1) is 0 Å². The van der Waals surface area contributed by atoms with Gasteiger partial charge in [0, 0.05) is 19.2 Å². The van der Waals surface area contributed by atoms with Crippen molar-refractivity contribution < 1.29 is 18.9 Å². The van der Waals surface area contributed by atoms with Gasteiger partial charge in [-0.3, -0.25) is 25.1 Å². The molecule has 0 saturated carbocycles. The predicted octanol–water partition coefficient (Wildman–Crippen LogP) is 1.86. The zero-order valence-corrected chi connectivity index (χ0v) is 12.8. The highest BCUT2D eigenvalue weighted by Crippen LogP contribution is 2.30. The Morgan fingerprint density at radius 1 is 1.35 bits per heavy atom. The first-order valence-corrected chi connectivity index (χ1v) is 7.28. The zero-order valence-electron chi connectivity index (χ0n) is 12.8. The molecule has 0 unspecified atom stereocenters. The van der Waals surface area contributed by atoms with Gasteiger partial charge in [-0.1, -0.05) is 13.3 Å². The number of halogens is 1. The summed E-state index contributed by atoms with van der Waals surface area (Å²) < 4.78 is 14.2. The van der Waals surface area contributed by atoms with E-state index in [2.05, 4.69) is 5.32 Å². The second-order valence-electron chi connectivity index (χ2n) is 5.05. The molecule has 0 aromatic rings. The number of nitrogens with one attached hydrogen (secondary N) is 1. The molecule has 124 valence electrons. The van der Waals surface area contributed by atoms with Gasteiger partial charge in [0.15, 0.2) is 5.95 Å². The standard InChI is InChI=1S/C14H17FN4O4/c1-3-5-6-17-8-10(19(22)23)9(7-11(17)15)12-13(20)16-14(21)18(12)4-2/h7-8H,3-6H2,1-2H3,(H,16,20,21)/b12-9-. The van der Waals surface area contributed by atoms with Crippen molar-refractivity contribution in [1.82, 2.24) is 15.1 Å². The van der Waals surface area contributed by atoms with E-state index in [1.165, 1.54) is 0 Å². The van der Waals surface area contributed by atoms with Crippen LogP contribution in [0.2, 0.25) is 0 Å². The largest absolute Gasteiger partial charge is 0.329 e. The number of unbranched alkanes of at least 4 members (excludes halogenated alkanes) is 1. The topological polar surface area (TPSA) is 95.8 Å². The molecule has 9 heteroatoms. The van der Waals surface area contributed by atoms with Crippen molar-refractivity contribution in [1.29, 1.82) is 0 Å². The van der Waals surface area contributed by atoms with E-state index in [9.17, 15) is 24.1 Å². The van der Waals surface area contributed by atoms with Crippen molar-refractivity contribution >= 4 is 11.9 Å². The molecule has 2 heterocycles.